The maximum Gasteiger partial charge on any atom is 0.328 e. The largest absolute Gasteiger partial charge is 0.481 e. The molecule has 1 fully saturated rings. The van der Waals surface area contributed by atoms with E-state index in [1.165, 1.54) is 0 Å². The number of carboxylic acid groups (broad SMARTS) is 2. The Hall–Kier alpha value is -2.45. The molecule has 8 nitrogen and oxygen atoms in total. The number of ether oxygens (including phenoxy) is 1. The molecule has 1 saturated heterocycles. The number of rotatable bonds is 4. The second kappa shape index (κ2) is 8.99. The molecule has 2 rings (SSSR count). The molecule has 0 aliphatic carbocycles. The highest BCUT2D eigenvalue weighted by atomic mass is 16.5. The number of methoxy groups -OCH3 is 1. The van der Waals surface area contributed by atoms with E-state index in [9.17, 15) is 14.7 Å². The van der Waals surface area contributed by atoms with Crippen molar-refractivity contribution in [3.8, 4) is 5.88 Å². The second-order valence-corrected chi connectivity index (χ2v) is 5.41. The van der Waals surface area contributed by atoms with E-state index < -0.39 is 17.5 Å². The van der Waals surface area contributed by atoms with Gasteiger partial charge in [-0.15, -0.1) is 0 Å². The van der Waals surface area contributed by atoms with Crippen LogP contribution in [0.5, 0.6) is 5.88 Å². The average molecular weight is 338 g/mol. The zero-order chi connectivity index (χ0) is 18.2. The average Bonchev–Trinajstić information content (AvgIpc) is 2.56. The molecule has 0 atom stereocenters. The lowest BCUT2D eigenvalue weighted by molar-refractivity contribution is -0.134. The minimum Gasteiger partial charge on any atom is -0.481 e. The number of hydrogen-bond donors (Lipinski definition) is 3. The molecule has 8 heteroatoms. The fourth-order valence-corrected chi connectivity index (χ4v) is 2.17. The molecule has 0 bridgehead atoms. The van der Waals surface area contributed by atoms with Gasteiger partial charge in [-0.1, -0.05) is 6.07 Å². The number of nitrogens with zero attached hydrogens (tertiary/aromatic N) is 2. The van der Waals surface area contributed by atoms with E-state index in [2.05, 4.69) is 16.9 Å². The number of hydrogen-bond acceptors (Lipinski definition) is 6. The van der Waals surface area contributed by atoms with Gasteiger partial charge >= 0.3 is 11.9 Å². The minimum atomic E-state index is -1.26. The van der Waals surface area contributed by atoms with Crippen LogP contribution in [0.3, 0.4) is 0 Å². The van der Waals surface area contributed by atoms with E-state index in [4.69, 9.17) is 14.9 Å². The number of carboxylic acids is 2. The smallest absolute Gasteiger partial charge is 0.328 e. The molecule has 0 aromatic carbocycles. The number of aliphatic carboxylic acids is 2. The van der Waals surface area contributed by atoms with Gasteiger partial charge in [-0.3, -0.25) is 0 Å². The van der Waals surface area contributed by atoms with Crippen LogP contribution in [0.25, 0.3) is 0 Å². The SMILES string of the molecule is COc1cccc(C2(O)CCN(C)CC2)n1.O=C(O)/C=C\C(=O)O. The Morgan fingerprint density at radius 3 is 2.21 bits per heavy atom. The Kier molecular flexibility index (Phi) is 7.34. The van der Waals surface area contributed by atoms with Gasteiger partial charge in [-0.25, -0.2) is 14.6 Å². The molecule has 1 aliphatic heterocycles. The Morgan fingerprint density at radius 1 is 1.21 bits per heavy atom. The van der Waals surface area contributed by atoms with Crippen molar-refractivity contribution in [3.63, 3.8) is 0 Å². The Bertz CT molecular complexity index is 578. The molecule has 1 aliphatic rings. The topological polar surface area (TPSA) is 120 Å². The second-order valence-electron chi connectivity index (χ2n) is 5.41. The summed E-state index contributed by atoms with van der Waals surface area (Å²) in [6.45, 7) is 1.80. The van der Waals surface area contributed by atoms with Crippen molar-refractivity contribution >= 4 is 11.9 Å². The highest BCUT2D eigenvalue weighted by Crippen LogP contribution is 2.31. The zero-order valence-electron chi connectivity index (χ0n) is 13.7. The molecule has 3 N–H and O–H groups in total. The fraction of sp³-hybridized carbons (Fsp3) is 0.438. The van der Waals surface area contributed by atoms with Crippen LogP contribution in [-0.2, 0) is 15.2 Å². The summed E-state index contributed by atoms with van der Waals surface area (Å²) in [6, 6.07) is 5.53. The van der Waals surface area contributed by atoms with Crippen molar-refractivity contribution in [3.05, 3.63) is 36.0 Å². The van der Waals surface area contributed by atoms with Crippen molar-refractivity contribution in [2.45, 2.75) is 18.4 Å². The summed E-state index contributed by atoms with van der Waals surface area (Å²) in [7, 11) is 3.66. The van der Waals surface area contributed by atoms with Crippen LogP contribution >= 0.6 is 0 Å². The van der Waals surface area contributed by atoms with Gasteiger partial charge in [0.05, 0.1) is 12.8 Å². The Balaban J connectivity index is 0.000000307. The number of aliphatic hydroxyl groups is 1. The Morgan fingerprint density at radius 2 is 1.75 bits per heavy atom. The number of likely N-dealkylation sites (tertiary alicyclic amines) is 1. The first kappa shape index (κ1) is 19.6. The van der Waals surface area contributed by atoms with Crippen LogP contribution in [0, 0.1) is 0 Å². The maximum absolute atomic E-state index is 10.5. The summed E-state index contributed by atoms with van der Waals surface area (Å²) in [4.78, 5) is 25.6. The maximum atomic E-state index is 10.5. The zero-order valence-corrected chi connectivity index (χ0v) is 13.7. The number of piperidine rings is 1. The summed E-state index contributed by atoms with van der Waals surface area (Å²) in [5.41, 5.74) is -0.0684. The summed E-state index contributed by atoms with van der Waals surface area (Å²) >= 11 is 0. The molecule has 0 amide bonds. The number of carbonyl (C=O) groups is 2. The third-order valence-corrected chi connectivity index (χ3v) is 3.59. The molecular formula is C16H22N2O6. The first-order chi connectivity index (χ1) is 11.3. The molecule has 132 valence electrons. The van der Waals surface area contributed by atoms with Crippen LogP contribution in [0.2, 0.25) is 0 Å². The molecular weight excluding hydrogens is 316 g/mol. The van der Waals surface area contributed by atoms with Crippen molar-refractivity contribution in [1.29, 1.82) is 0 Å². The first-order valence-corrected chi connectivity index (χ1v) is 7.33. The molecule has 0 radical (unpaired) electrons. The highest BCUT2D eigenvalue weighted by Gasteiger charge is 2.34. The normalized spacial score (nSPS) is 17.0. The predicted octanol–water partition coefficient (Wildman–Crippen LogP) is 0.715. The van der Waals surface area contributed by atoms with E-state index in [0.717, 1.165) is 31.6 Å². The van der Waals surface area contributed by atoms with Crippen LogP contribution in [0.4, 0.5) is 0 Å². The van der Waals surface area contributed by atoms with Gasteiger partial charge in [0, 0.05) is 31.3 Å². The van der Waals surface area contributed by atoms with Gasteiger partial charge < -0.3 is 25.0 Å². The molecule has 1 aromatic rings. The number of aromatic nitrogens is 1. The van der Waals surface area contributed by atoms with Crippen LogP contribution in [0.1, 0.15) is 18.5 Å². The van der Waals surface area contributed by atoms with Crippen molar-refractivity contribution < 1.29 is 29.6 Å². The van der Waals surface area contributed by atoms with Crippen molar-refractivity contribution in [1.82, 2.24) is 9.88 Å². The lowest BCUT2D eigenvalue weighted by Gasteiger charge is -2.36. The molecule has 1 aromatic heterocycles. The summed E-state index contributed by atoms with van der Waals surface area (Å²) in [5.74, 6) is -1.95. The van der Waals surface area contributed by atoms with Gasteiger partial charge in [-0.2, -0.15) is 0 Å². The van der Waals surface area contributed by atoms with Crippen LogP contribution in [-0.4, -0.2) is 64.4 Å². The molecule has 0 unspecified atom stereocenters. The van der Waals surface area contributed by atoms with Gasteiger partial charge in [0.25, 0.3) is 0 Å². The molecule has 24 heavy (non-hydrogen) atoms. The van der Waals surface area contributed by atoms with Gasteiger partial charge in [0.2, 0.25) is 5.88 Å². The van der Waals surface area contributed by atoms with Gasteiger partial charge in [0.1, 0.15) is 5.60 Å². The van der Waals surface area contributed by atoms with Crippen LogP contribution in [0.15, 0.2) is 30.4 Å². The van der Waals surface area contributed by atoms with Gasteiger partial charge in [0.15, 0.2) is 0 Å². The number of pyridine rings is 1. The quantitative estimate of drug-likeness (QED) is 0.687. The van der Waals surface area contributed by atoms with E-state index in [1.807, 2.05) is 12.1 Å². The van der Waals surface area contributed by atoms with Crippen molar-refractivity contribution in [2.75, 3.05) is 27.2 Å². The summed E-state index contributed by atoms with van der Waals surface area (Å²) in [5, 5.41) is 26.2. The minimum absolute atomic E-state index is 0.558. The molecule has 2 heterocycles. The summed E-state index contributed by atoms with van der Waals surface area (Å²) < 4.78 is 5.08. The Labute approximate surface area is 140 Å². The monoisotopic (exact) mass is 338 g/mol. The van der Waals surface area contributed by atoms with E-state index in [0.29, 0.717) is 18.0 Å². The van der Waals surface area contributed by atoms with E-state index in [1.54, 1.807) is 13.2 Å². The molecule has 0 saturated carbocycles. The highest BCUT2D eigenvalue weighted by molar-refractivity contribution is 5.89. The third kappa shape index (κ3) is 6.35. The van der Waals surface area contributed by atoms with Gasteiger partial charge in [-0.05, 0) is 26.0 Å². The fourth-order valence-electron chi connectivity index (χ4n) is 2.17. The van der Waals surface area contributed by atoms with E-state index >= 15 is 0 Å². The lowest BCUT2D eigenvalue weighted by atomic mass is 9.88. The van der Waals surface area contributed by atoms with E-state index in [-0.39, 0.29) is 0 Å². The summed E-state index contributed by atoms with van der Waals surface area (Å²) in [6.07, 6.45) is 2.57. The van der Waals surface area contributed by atoms with Crippen molar-refractivity contribution in [2.24, 2.45) is 0 Å². The lowest BCUT2D eigenvalue weighted by Crippen LogP contribution is -2.41. The molecule has 0 spiro atoms. The predicted molar refractivity (Wildman–Crippen MR) is 85.8 cm³/mol. The third-order valence-electron chi connectivity index (χ3n) is 3.59. The standard InChI is InChI=1S/C12H18N2O2.C4H4O4/c1-14-8-6-12(15,7-9-14)10-4-3-5-11(13-10)16-2;5-3(6)1-2-4(7)8/h3-5,15H,6-9H2,1-2H3;1-2H,(H,5,6)(H,7,8)/b;2-1-. The first-order valence-electron chi connectivity index (χ1n) is 7.33. The van der Waals surface area contributed by atoms with Crippen LogP contribution < -0.4 is 4.74 Å².